The molecule has 0 saturated carbocycles. The Hall–Kier alpha value is -2.04. The van der Waals surface area contributed by atoms with Crippen LogP contribution in [0, 0.1) is 6.92 Å². The summed E-state index contributed by atoms with van der Waals surface area (Å²) in [6.07, 6.45) is 0.365. The maximum absolute atomic E-state index is 11.0. The monoisotopic (exact) mass is 275 g/mol. The Bertz CT molecular complexity index is 617. The number of imidazole rings is 1. The van der Waals surface area contributed by atoms with Crippen LogP contribution in [0.25, 0.3) is 11.0 Å². The van der Waals surface area contributed by atoms with Crippen molar-refractivity contribution in [1.82, 2.24) is 14.9 Å². The average molecular weight is 275 g/mol. The van der Waals surface area contributed by atoms with Gasteiger partial charge in [-0.2, -0.15) is 0 Å². The lowest BCUT2D eigenvalue weighted by atomic mass is 10.1. The molecule has 1 heterocycles. The van der Waals surface area contributed by atoms with Gasteiger partial charge in [0.25, 0.3) is 0 Å². The molecule has 0 aliphatic heterocycles. The summed E-state index contributed by atoms with van der Waals surface area (Å²) in [5, 5.41) is 2.68. The van der Waals surface area contributed by atoms with E-state index in [0.717, 1.165) is 28.8 Å². The van der Waals surface area contributed by atoms with Crippen molar-refractivity contribution in [2.75, 3.05) is 13.7 Å². The third-order valence-corrected chi connectivity index (χ3v) is 3.32. The number of benzene rings is 1. The van der Waals surface area contributed by atoms with Gasteiger partial charge in [0, 0.05) is 12.6 Å². The second-order valence-electron chi connectivity index (χ2n) is 5.11. The maximum Gasteiger partial charge on any atom is 0.406 e. The smallest absolute Gasteiger partial charge is 0.406 e. The van der Waals surface area contributed by atoms with Crippen molar-refractivity contribution in [3.05, 3.63) is 29.6 Å². The van der Waals surface area contributed by atoms with Crippen molar-refractivity contribution < 1.29 is 9.53 Å². The lowest BCUT2D eigenvalue weighted by molar-refractivity contribution is 0.171. The average Bonchev–Trinajstić information content (AvgIpc) is 2.73. The van der Waals surface area contributed by atoms with Gasteiger partial charge in [0.2, 0.25) is 0 Å². The highest BCUT2D eigenvalue weighted by Crippen LogP contribution is 2.21. The number of hydrogen-bond donors (Lipinski definition) is 1. The lowest BCUT2D eigenvalue weighted by Crippen LogP contribution is -2.25. The topological polar surface area (TPSA) is 56.1 Å². The molecule has 0 atom stereocenters. The van der Waals surface area contributed by atoms with Gasteiger partial charge >= 0.3 is 6.09 Å². The molecule has 0 radical (unpaired) electrons. The van der Waals surface area contributed by atoms with Crippen LogP contribution < -0.4 is 5.32 Å². The zero-order chi connectivity index (χ0) is 14.7. The van der Waals surface area contributed by atoms with Gasteiger partial charge in [0.1, 0.15) is 5.82 Å². The summed E-state index contributed by atoms with van der Waals surface area (Å²) in [6.45, 7) is 6.89. The van der Waals surface area contributed by atoms with Crippen LogP contribution in [0.3, 0.4) is 0 Å². The van der Waals surface area contributed by atoms with Gasteiger partial charge in [0.15, 0.2) is 0 Å². The van der Waals surface area contributed by atoms with Gasteiger partial charge in [-0.3, -0.25) is 0 Å². The first-order chi connectivity index (χ1) is 9.52. The van der Waals surface area contributed by atoms with Gasteiger partial charge in [-0.15, -0.1) is 0 Å². The number of nitrogens with one attached hydrogen (secondary N) is 1. The number of carbonyl (C=O) groups is 1. The number of amides is 1. The van der Waals surface area contributed by atoms with Crippen molar-refractivity contribution >= 4 is 17.1 Å². The maximum atomic E-state index is 11.0. The van der Waals surface area contributed by atoms with Crippen molar-refractivity contribution in [2.24, 2.45) is 0 Å². The Morgan fingerprint density at radius 1 is 1.45 bits per heavy atom. The number of alkyl carbamates (subject to hydrolysis) is 1. The number of ether oxygens (including phenoxy) is 1. The number of rotatable bonds is 4. The standard InChI is InChI=1S/C15H21N3O2/c1-10(2)18-11(3)17-13-9-12(5-6-14(13)18)7-8-16-15(19)20-4/h5-6,9-10H,7-8H2,1-4H3,(H,16,19). The van der Waals surface area contributed by atoms with Crippen LogP contribution in [-0.2, 0) is 11.2 Å². The molecule has 2 aromatic rings. The minimum Gasteiger partial charge on any atom is -0.453 e. The number of aryl methyl sites for hydroxylation is 1. The van der Waals surface area contributed by atoms with Crippen LogP contribution in [0.4, 0.5) is 4.79 Å². The number of carbonyl (C=O) groups excluding carboxylic acids is 1. The van der Waals surface area contributed by atoms with E-state index in [1.165, 1.54) is 7.11 Å². The molecular weight excluding hydrogens is 254 g/mol. The fourth-order valence-corrected chi connectivity index (χ4v) is 2.45. The first-order valence-corrected chi connectivity index (χ1v) is 6.82. The number of methoxy groups -OCH3 is 1. The summed E-state index contributed by atoms with van der Waals surface area (Å²) in [5.74, 6) is 1.03. The number of fused-ring (bicyclic) bond motifs is 1. The summed E-state index contributed by atoms with van der Waals surface area (Å²) in [7, 11) is 1.36. The molecule has 0 aliphatic carbocycles. The van der Waals surface area contributed by atoms with E-state index in [-0.39, 0.29) is 0 Å². The molecule has 1 amide bonds. The first kappa shape index (κ1) is 14.4. The van der Waals surface area contributed by atoms with E-state index >= 15 is 0 Å². The van der Waals surface area contributed by atoms with E-state index in [1.54, 1.807) is 0 Å². The predicted octanol–water partition coefficient (Wildman–Crippen LogP) is 2.82. The Labute approximate surface area is 118 Å². The quantitative estimate of drug-likeness (QED) is 0.933. The van der Waals surface area contributed by atoms with Gasteiger partial charge < -0.3 is 14.6 Å². The molecule has 0 spiro atoms. The molecule has 5 nitrogen and oxygen atoms in total. The van der Waals surface area contributed by atoms with E-state index < -0.39 is 6.09 Å². The van der Waals surface area contributed by atoms with Gasteiger partial charge in [-0.25, -0.2) is 9.78 Å². The molecule has 2 rings (SSSR count). The van der Waals surface area contributed by atoms with E-state index in [1.807, 2.05) is 6.92 Å². The molecule has 0 aliphatic rings. The first-order valence-electron chi connectivity index (χ1n) is 6.82. The summed E-state index contributed by atoms with van der Waals surface area (Å²) in [5.41, 5.74) is 3.32. The molecule has 0 bridgehead atoms. The molecule has 0 fully saturated rings. The van der Waals surface area contributed by atoms with Crippen molar-refractivity contribution in [3.63, 3.8) is 0 Å². The van der Waals surface area contributed by atoms with Crippen LogP contribution in [0.2, 0.25) is 0 Å². The van der Waals surface area contributed by atoms with E-state index in [4.69, 9.17) is 0 Å². The second-order valence-corrected chi connectivity index (χ2v) is 5.11. The zero-order valence-electron chi connectivity index (χ0n) is 12.4. The largest absolute Gasteiger partial charge is 0.453 e. The normalized spacial score (nSPS) is 11.1. The van der Waals surface area contributed by atoms with Gasteiger partial charge in [-0.1, -0.05) is 6.07 Å². The van der Waals surface area contributed by atoms with Crippen molar-refractivity contribution in [2.45, 2.75) is 33.2 Å². The fraction of sp³-hybridized carbons (Fsp3) is 0.467. The molecule has 20 heavy (non-hydrogen) atoms. The SMILES string of the molecule is COC(=O)NCCc1ccc2c(c1)nc(C)n2C(C)C. The highest BCUT2D eigenvalue weighted by Gasteiger charge is 2.10. The van der Waals surface area contributed by atoms with Crippen molar-refractivity contribution in [1.29, 1.82) is 0 Å². The van der Waals surface area contributed by atoms with Crippen LogP contribution in [0.5, 0.6) is 0 Å². The molecule has 1 aromatic carbocycles. The molecular formula is C15H21N3O2. The second kappa shape index (κ2) is 5.94. The minimum absolute atomic E-state index is 0.395. The fourth-order valence-electron chi connectivity index (χ4n) is 2.45. The minimum atomic E-state index is -0.397. The molecule has 0 saturated heterocycles. The Kier molecular flexibility index (Phi) is 4.27. The van der Waals surface area contributed by atoms with E-state index in [9.17, 15) is 4.79 Å². The third kappa shape index (κ3) is 2.92. The molecule has 5 heteroatoms. The van der Waals surface area contributed by atoms with Gasteiger partial charge in [-0.05, 0) is 44.9 Å². The summed E-state index contributed by atoms with van der Waals surface area (Å²) >= 11 is 0. The molecule has 0 unspecified atom stereocenters. The number of hydrogen-bond acceptors (Lipinski definition) is 3. The van der Waals surface area contributed by atoms with Crippen LogP contribution in [-0.4, -0.2) is 29.3 Å². The van der Waals surface area contributed by atoms with E-state index in [2.05, 4.69) is 51.7 Å². The summed E-state index contributed by atoms with van der Waals surface area (Å²) in [4.78, 5) is 15.6. The Morgan fingerprint density at radius 2 is 2.20 bits per heavy atom. The van der Waals surface area contributed by atoms with Crippen LogP contribution in [0.15, 0.2) is 18.2 Å². The summed E-state index contributed by atoms with van der Waals surface area (Å²) < 4.78 is 6.77. The Morgan fingerprint density at radius 3 is 2.85 bits per heavy atom. The number of aromatic nitrogens is 2. The molecule has 1 aromatic heterocycles. The van der Waals surface area contributed by atoms with E-state index in [0.29, 0.717) is 12.6 Å². The van der Waals surface area contributed by atoms with Crippen LogP contribution in [0.1, 0.15) is 31.3 Å². The van der Waals surface area contributed by atoms with Crippen LogP contribution >= 0.6 is 0 Å². The molecule has 1 N–H and O–H groups in total. The highest BCUT2D eigenvalue weighted by atomic mass is 16.5. The highest BCUT2D eigenvalue weighted by molar-refractivity contribution is 5.77. The van der Waals surface area contributed by atoms with Gasteiger partial charge in [0.05, 0.1) is 18.1 Å². The predicted molar refractivity (Wildman–Crippen MR) is 79.0 cm³/mol. The van der Waals surface area contributed by atoms with Crippen molar-refractivity contribution in [3.8, 4) is 0 Å². The molecule has 108 valence electrons. The Balaban J connectivity index is 2.16. The number of nitrogens with zero attached hydrogens (tertiary/aromatic N) is 2. The zero-order valence-corrected chi connectivity index (χ0v) is 12.4. The summed E-state index contributed by atoms with van der Waals surface area (Å²) in [6, 6.07) is 6.66. The third-order valence-electron chi connectivity index (χ3n) is 3.32. The lowest BCUT2D eigenvalue weighted by Gasteiger charge is -2.10.